The minimum atomic E-state index is -0.961. The number of halogens is 6. The smallest absolute Gasteiger partial charge is 0.311 e. The van der Waals surface area contributed by atoms with Gasteiger partial charge in [0.2, 0.25) is 0 Å². The fraction of sp³-hybridized carbons (Fsp3) is 0.304. The summed E-state index contributed by atoms with van der Waals surface area (Å²) in [5, 5.41) is 0.273. The van der Waals surface area contributed by atoms with E-state index >= 15 is 0 Å². The molecule has 0 radical (unpaired) electrons. The van der Waals surface area contributed by atoms with Crippen LogP contribution in [0.1, 0.15) is 180 Å². The minimum Gasteiger partial charge on any atom is -0.311 e. The second-order valence-electron chi connectivity index (χ2n) is 23.0. The number of aromatic amines is 6. The van der Waals surface area contributed by atoms with E-state index in [1.807, 2.05) is 42.5 Å². The first-order chi connectivity index (χ1) is 42.0. The van der Waals surface area contributed by atoms with Crippen molar-refractivity contribution in [2.75, 3.05) is 0 Å². The van der Waals surface area contributed by atoms with Gasteiger partial charge < -0.3 is 15.0 Å². The van der Waals surface area contributed by atoms with Crippen molar-refractivity contribution in [2.45, 2.75) is 132 Å². The highest BCUT2D eigenvalue weighted by Gasteiger charge is 2.31. The lowest BCUT2D eigenvalue weighted by Crippen LogP contribution is -2.30. The molecule has 3 heterocycles. The highest BCUT2D eigenvalue weighted by atomic mass is 35.5. The quantitative estimate of drug-likeness (QED) is 0.0658. The van der Waals surface area contributed by atoms with Gasteiger partial charge in [0.1, 0.15) is 17.5 Å². The highest BCUT2D eigenvalue weighted by molar-refractivity contribution is 6.31. The van der Waals surface area contributed by atoms with E-state index in [-0.39, 0.29) is 53.2 Å². The van der Waals surface area contributed by atoms with Gasteiger partial charge in [-0.15, -0.1) is 0 Å². The molecule has 12 nitrogen and oxygen atoms in total. The first kappa shape index (κ1) is 61.4. The summed E-state index contributed by atoms with van der Waals surface area (Å²) in [4.78, 5) is 88.6. The Morgan fingerprint density at radius 1 is 0.333 bits per heavy atom. The zero-order valence-corrected chi connectivity index (χ0v) is 48.4. The minimum absolute atomic E-state index is 0.00612. The Kier molecular flexibility index (Phi) is 19.9. The van der Waals surface area contributed by atoms with Crippen LogP contribution < -0.4 is 33.7 Å². The molecule has 450 valence electrons. The first-order valence-corrected chi connectivity index (χ1v) is 29.9. The van der Waals surface area contributed by atoms with Gasteiger partial charge in [0, 0.05) is 64.1 Å². The fourth-order valence-electron chi connectivity index (χ4n) is 13.1. The van der Waals surface area contributed by atoms with Gasteiger partial charge >= 0.3 is 17.1 Å². The molecule has 9 aromatic rings. The summed E-state index contributed by atoms with van der Waals surface area (Å²) < 4.78 is 68.5. The number of H-pyrrole nitrogens is 6. The highest BCUT2D eigenvalue weighted by Crippen LogP contribution is 2.43. The standard InChI is InChI=1S/C23H22ClFN2O2.2C23H22F2N2O2/c24-20-13-18(25)11-10-17(20)12-19-21(26-23(29)27-22(19)28)16-8-6-15(7-9-16)14-4-2-1-3-5-14;24-19-8-4-7-17(20(19)25)13-18-21(26-23(29)27-22(18)28)16-11-9-15(10-12-16)14-5-2-1-3-6-14;24-18-11-10-17(20(25)13-18)12-19-21(26-23(29)27-22(19)28)16-8-6-15(7-9-16)14-4-2-1-3-5-14/h1-5,10-11,13,15-16H,6-9,12H2,(H2,26,27,28,29);1-8,15-16H,9-13H2,(H2,26,27,28,29);1-5,10-11,13,15-16H,6-9,12H2,(H2,26,27,28,29). The Bertz CT molecular complexity index is 4020. The van der Waals surface area contributed by atoms with Crippen LogP contribution in [0.4, 0.5) is 22.0 Å². The molecule has 6 N–H and O–H groups in total. The summed E-state index contributed by atoms with van der Waals surface area (Å²) in [5.41, 5.74) is 4.79. The number of hydrogen-bond acceptors (Lipinski definition) is 6. The molecule has 0 aliphatic heterocycles. The third kappa shape index (κ3) is 15.3. The molecule has 0 unspecified atom stereocenters. The molecule has 12 rings (SSSR count). The average Bonchev–Trinajstić information content (AvgIpc) is 2.63. The van der Waals surface area contributed by atoms with Gasteiger partial charge in [-0.3, -0.25) is 29.3 Å². The lowest BCUT2D eigenvalue weighted by atomic mass is 9.76. The summed E-state index contributed by atoms with van der Waals surface area (Å²) >= 11 is 6.16. The van der Waals surface area contributed by atoms with Crippen molar-refractivity contribution in [3.63, 3.8) is 0 Å². The molecule has 0 atom stereocenters. The van der Waals surface area contributed by atoms with E-state index in [2.05, 4.69) is 78.4 Å². The number of rotatable bonds is 12. The summed E-state index contributed by atoms with van der Waals surface area (Å²) in [6, 6.07) is 42.4. The van der Waals surface area contributed by atoms with Crippen molar-refractivity contribution in [2.24, 2.45) is 0 Å². The van der Waals surface area contributed by atoms with Crippen molar-refractivity contribution in [1.82, 2.24) is 29.9 Å². The van der Waals surface area contributed by atoms with E-state index in [9.17, 15) is 50.7 Å². The SMILES string of the molecule is O=c1[nH]c(C2CCC(c3ccccc3)CC2)c(Cc2ccc(F)cc2Cl)c(=O)[nH]1.O=c1[nH]c(C2CCC(c3ccccc3)CC2)c(Cc2ccc(F)cc2F)c(=O)[nH]1.O=c1[nH]c(C2CCC(c3ccccc3)CC2)c(Cc2cccc(F)c2F)c(=O)[nH]1. The maximum Gasteiger partial charge on any atom is 0.325 e. The van der Waals surface area contributed by atoms with E-state index in [1.165, 1.54) is 53.1 Å². The first-order valence-electron chi connectivity index (χ1n) is 29.6. The van der Waals surface area contributed by atoms with Gasteiger partial charge in [0.15, 0.2) is 11.6 Å². The third-order valence-corrected chi connectivity index (χ3v) is 18.0. The zero-order valence-electron chi connectivity index (χ0n) is 47.6. The van der Waals surface area contributed by atoms with Gasteiger partial charge in [-0.05, 0) is 170 Å². The van der Waals surface area contributed by atoms with Gasteiger partial charge in [-0.25, -0.2) is 36.3 Å². The van der Waals surface area contributed by atoms with E-state index in [0.717, 1.165) is 89.2 Å². The van der Waals surface area contributed by atoms with E-state index < -0.39 is 62.8 Å². The van der Waals surface area contributed by atoms with Crippen LogP contribution in [0.5, 0.6) is 0 Å². The number of benzene rings is 6. The van der Waals surface area contributed by atoms with Crippen LogP contribution in [0.2, 0.25) is 5.02 Å². The van der Waals surface area contributed by atoms with Crippen LogP contribution in [-0.2, 0) is 19.3 Å². The molecule has 87 heavy (non-hydrogen) atoms. The van der Waals surface area contributed by atoms with Crippen LogP contribution in [0, 0.1) is 29.1 Å². The topological polar surface area (TPSA) is 197 Å². The summed E-state index contributed by atoms with van der Waals surface area (Å²) in [5.74, 6) is -2.14. The van der Waals surface area contributed by atoms with Crippen LogP contribution in [-0.4, -0.2) is 29.9 Å². The molecular weight excluding hydrogens is 1140 g/mol. The van der Waals surface area contributed by atoms with Crippen LogP contribution in [0.3, 0.4) is 0 Å². The maximum absolute atomic E-state index is 14.2. The Balaban J connectivity index is 0.000000144. The van der Waals surface area contributed by atoms with Crippen LogP contribution in [0.15, 0.2) is 174 Å². The monoisotopic (exact) mass is 1200 g/mol. The molecule has 3 saturated carbocycles. The van der Waals surface area contributed by atoms with Crippen molar-refractivity contribution in [1.29, 1.82) is 0 Å². The molecule has 3 aromatic heterocycles. The Morgan fingerprint density at radius 2 is 0.667 bits per heavy atom. The van der Waals surface area contributed by atoms with Crippen molar-refractivity contribution in [3.05, 3.63) is 309 Å². The molecule has 6 aromatic carbocycles. The number of hydrogen-bond donors (Lipinski definition) is 6. The molecule has 0 saturated heterocycles. The zero-order chi connectivity index (χ0) is 61.1. The summed E-state index contributed by atoms with van der Waals surface area (Å²) in [7, 11) is 0. The molecule has 18 heteroatoms. The van der Waals surface area contributed by atoms with Gasteiger partial charge in [-0.1, -0.05) is 127 Å². The van der Waals surface area contributed by atoms with Gasteiger partial charge in [0.25, 0.3) is 16.7 Å². The predicted molar refractivity (Wildman–Crippen MR) is 327 cm³/mol. The van der Waals surface area contributed by atoms with Crippen molar-refractivity contribution >= 4 is 11.6 Å². The Hall–Kier alpha value is -8.70. The normalized spacial score (nSPS) is 19.2. The van der Waals surface area contributed by atoms with Gasteiger partial charge in [-0.2, -0.15) is 0 Å². The molecular formula is C69H66ClF5N6O6. The van der Waals surface area contributed by atoms with Crippen molar-refractivity contribution < 1.29 is 22.0 Å². The largest absolute Gasteiger partial charge is 0.325 e. The fourth-order valence-corrected chi connectivity index (χ4v) is 13.3. The number of aromatic nitrogens is 6. The molecule has 3 aliphatic carbocycles. The van der Waals surface area contributed by atoms with E-state index in [4.69, 9.17) is 11.6 Å². The van der Waals surface area contributed by atoms with Crippen molar-refractivity contribution in [3.8, 4) is 0 Å². The maximum atomic E-state index is 14.2. The van der Waals surface area contributed by atoms with E-state index in [0.29, 0.717) is 57.1 Å². The molecule has 0 spiro atoms. The third-order valence-electron chi connectivity index (χ3n) is 17.6. The second-order valence-corrected chi connectivity index (χ2v) is 23.4. The second kappa shape index (κ2) is 28.2. The molecule has 3 aliphatic rings. The van der Waals surface area contributed by atoms with Gasteiger partial charge in [0.05, 0.1) is 0 Å². The summed E-state index contributed by atoms with van der Waals surface area (Å²) in [6.45, 7) is 0. The number of nitrogens with one attached hydrogen (secondary N) is 6. The average molecular weight is 1210 g/mol. The summed E-state index contributed by atoms with van der Waals surface area (Å²) in [6.07, 6.45) is 11.1. The van der Waals surface area contributed by atoms with E-state index in [1.54, 1.807) is 6.07 Å². The molecule has 0 bridgehead atoms. The lowest BCUT2D eigenvalue weighted by Gasteiger charge is -2.29. The molecule has 3 fully saturated rings. The Morgan fingerprint density at radius 3 is 1.03 bits per heavy atom. The molecule has 0 amide bonds. The van der Waals surface area contributed by atoms with Crippen LogP contribution in [0.25, 0.3) is 0 Å². The van der Waals surface area contributed by atoms with Crippen LogP contribution >= 0.6 is 11.6 Å². The Labute approximate surface area is 502 Å². The lowest BCUT2D eigenvalue weighted by molar-refractivity contribution is 0.388. The predicted octanol–water partition coefficient (Wildman–Crippen LogP) is 13.6.